The number of nitrogens with two attached hydrogens (primary N) is 1. The summed E-state index contributed by atoms with van der Waals surface area (Å²) in [6.07, 6.45) is 1.15. The topological polar surface area (TPSA) is 64.9 Å². The van der Waals surface area contributed by atoms with Gasteiger partial charge in [-0.15, -0.1) is 11.8 Å². The predicted octanol–water partition coefficient (Wildman–Crippen LogP) is 1.83. The van der Waals surface area contributed by atoms with E-state index in [4.69, 9.17) is 10.3 Å². The Morgan fingerprint density at radius 1 is 1.47 bits per heavy atom. The van der Waals surface area contributed by atoms with E-state index in [2.05, 4.69) is 17.1 Å². The zero-order valence-corrected chi connectivity index (χ0v) is 10.3. The minimum Gasteiger partial charge on any atom is -0.338 e. The monoisotopic (exact) mass is 245 g/mol. The predicted molar refractivity (Wildman–Crippen MR) is 63.9 cm³/mol. The fourth-order valence-corrected chi connectivity index (χ4v) is 4.59. The lowest BCUT2D eigenvalue weighted by atomic mass is 10.2. The zero-order valence-electron chi connectivity index (χ0n) is 8.68. The Labute approximate surface area is 97.8 Å². The molecular formula is C9H15N3OS2. The Morgan fingerprint density at radius 2 is 2.27 bits per heavy atom. The van der Waals surface area contributed by atoms with E-state index in [0.29, 0.717) is 22.9 Å². The fraction of sp³-hybridized carbons (Fsp3) is 0.778. The number of thioether (sulfide) groups is 2. The van der Waals surface area contributed by atoms with Crippen LogP contribution >= 0.6 is 23.5 Å². The van der Waals surface area contributed by atoms with E-state index >= 15 is 0 Å². The highest BCUT2D eigenvalue weighted by atomic mass is 32.2. The third-order valence-electron chi connectivity index (χ3n) is 2.37. The lowest BCUT2D eigenvalue weighted by Crippen LogP contribution is -2.19. The molecule has 1 aliphatic rings. The third-order valence-corrected chi connectivity index (χ3v) is 5.61. The first-order valence-electron chi connectivity index (χ1n) is 5.11. The van der Waals surface area contributed by atoms with Gasteiger partial charge in [-0.05, 0) is 6.42 Å². The van der Waals surface area contributed by atoms with Crippen molar-refractivity contribution in [3.63, 3.8) is 0 Å². The smallest absolute Gasteiger partial charge is 0.240 e. The van der Waals surface area contributed by atoms with Crippen molar-refractivity contribution in [1.29, 1.82) is 0 Å². The SMILES string of the molecule is CCC1SCCSC1c1noc(CN)n1. The maximum absolute atomic E-state index is 5.45. The van der Waals surface area contributed by atoms with Crippen LogP contribution in [0.1, 0.15) is 30.3 Å². The summed E-state index contributed by atoms with van der Waals surface area (Å²) in [6.45, 7) is 2.54. The van der Waals surface area contributed by atoms with Gasteiger partial charge in [-0.3, -0.25) is 0 Å². The quantitative estimate of drug-likeness (QED) is 0.876. The van der Waals surface area contributed by atoms with Gasteiger partial charge >= 0.3 is 0 Å². The Hall–Kier alpha value is -0.200. The number of hydrogen-bond donors (Lipinski definition) is 1. The van der Waals surface area contributed by atoms with Gasteiger partial charge in [-0.1, -0.05) is 12.1 Å². The van der Waals surface area contributed by atoms with Gasteiger partial charge < -0.3 is 10.3 Å². The van der Waals surface area contributed by atoms with Crippen LogP contribution in [0.15, 0.2) is 4.52 Å². The molecule has 0 aliphatic carbocycles. The van der Waals surface area contributed by atoms with E-state index in [1.807, 2.05) is 23.5 Å². The molecular weight excluding hydrogens is 230 g/mol. The van der Waals surface area contributed by atoms with Gasteiger partial charge in [-0.2, -0.15) is 16.7 Å². The summed E-state index contributed by atoms with van der Waals surface area (Å²) in [5, 5.41) is 4.99. The van der Waals surface area contributed by atoms with Crippen molar-refractivity contribution in [3.8, 4) is 0 Å². The van der Waals surface area contributed by atoms with E-state index in [-0.39, 0.29) is 0 Å². The summed E-state index contributed by atoms with van der Waals surface area (Å²) in [5.41, 5.74) is 5.45. The highest BCUT2D eigenvalue weighted by Gasteiger charge is 2.30. The molecule has 15 heavy (non-hydrogen) atoms. The molecule has 1 aromatic heterocycles. The van der Waals surface area contributed by atoms with Crippen molar-refractivity contribution in [2.75, 3.05) is 11.5 Å². The van der Waals surface area contributed by atoms with Gasteiger partial charge in [-0.25, -0.2) is 0 Å². The number of nitrogens with zero attached hydrogens (tertiary/aromatic N) is 2. The molecule has 2 heterocycles. The van der Waals surface area contributed by atoms with Gasteiger partial charge in [0.25, 0.3) is 0 Å². The van der Waals surface area contributed by atoms with Crippen LogP contribution in [0.5, 0.6) is 0 Å². The van der Waals surface area contributed by atoms with E-state index in [1.54, 1.807) is 0 Å². The number of aromatic nitrogens is 2. The largest absolute Gasteiger partial charge is 0.338 e. The number of rotatable bonds is 3. The highest BCUT2D eigenvalue weighted by molar-refractivity contribution is 8.06. The Morgan fingerprint density at radius 3 is 2.93 bits per heavy atom. The molecule has 0 bridgehead atoms. The van der Waals surface area contributed by atoms with Crippen LogP contribution in [-0.2, 0) is 6.54 Å². The summed E-state index contributed by atoms with van der Waals surface area (Å²) in [6, 6.07) is 0. The van der Waals surface area contributed by atoms with E-state index in [9.17, 15) is 0 Å². The Balaban J connectivity index is 2.12. The van der Waals surface area contributed by atoms with Crippen LogP contribution in [0.3, 0.4) is 0 Å². The molecule has 0 aromatic carbocycles. The molecule has 0 radical (unpaired) electrons. The molecule has 1 aromatic rings. The number of hydrogen-bond acceptors (Lipinski definition) is 6. The van der Waals surface area contributed by atoms with Crippen molar-refractivity contribution in [3.05, 3.63) is 11.7 Å². The molecule has 1 fully saturated rings. The summed E-state index contributed by atoms with van der Waals surface area (Å²) in [7, 11) is 0. The molecule has 2 atom stereocenters. The minimum atomic E-state index is 0.328. The molecule has 84 valence electrons. The summed E-state index contributed by atoms with van der Waals surface area (Å²) in [5.74, 6) is 3.75. The van der Waals surface area contributed by atoms with Gasteiger partial charge in [0.1, 0.15) is 0 Å². The van der Waals surface area contributed by atoms with Crippen LogP contribution in [-0.4, -0.2) is 26.9 Å². The average Bonchev–Trinajstić information content (AvgIpc) is 2.77. The first kappa shape index (κ1) is 11.3. The van der Waals surface area contributed by atoms with Crippen LogP contribution in [0.25, 0.3) is 0 Å². The maximum atomic E-state index is 5.45. The fourth-order valence-electron chi connectivity index (χ4n) is 1.61. The average molecular weight is 245 g/mol. The maximum Gasteiger partial charge on any atom is 0.240 e. The van der Waals surface area contributed by atoms with Crippen molar-refractivity contribution in [2.45, 2.75) is 30.4 Å². The summed E-state index contributed by atoms with van der Waals surface area (Å²) >= 11 is 3.94. The van der Waals surface area contributed by atoms with E-state index in [1.165, 1.54) is 11.5 Å². The molecule has 1 saturated heterocycles. The Kier molecular flexibility index (Phi) is 3.93. The van der Waals surface area contributed by atoms with Gasteiger partial charge in [0.05, 0.1) is 11.8 Å². The molecule has 2 unspecified atom stereocenters. The normalized spacial score (nSPS) is 26.8. The van der Waals surface area contributed by atoms with Crippen molar-refractivity contribution in [2.24, 2.45) is 5.73 Å². The van der Waals surface area contributed by atoms with Crippen LogP contribution in [0.4, 0.5) is 0 Å². The first-order chi connectivity index (χ1) is 7.35. The van der Waals surface area contributed by atoms with Crippen LogP contribution in [0, 0.1) is 0 Å². The summed E-state index contributed by atoms with van der Waals surface area (Å²) < 4.78 is 5.05. The van der Waals surface area contributed by atoms with Crippen LogP contribution < -0.4 is 5.73 Å². The van der Waals surface area contributed by atoms with Gasteiger partial charge in [0.15, 0.2) is 5.82 Å². The molecule has 4 nitrogen and oxygen atoms in total. The highest BCUT2D eigenvalue weighted by Crippen LogP contribution is 2.42. The Bertz CT molecular complexity index is 318. The zero-order chi connectivity index (χ0) is 10.7. The molecule has 6 heteroatoms. The molecule has 1 aliphatic heterocycles. The lowest BCUT2D eigenvalue weighted by molar-refractivity contribution is 0.374. The van der Waals surface area contributed by atoms with Crippen LogP contribution in [0.2, 0.25) is 0 Å². The molecule has 0 saturated carbocycles. The third kappa shape index (κ3) is 2.49. The first-order valence-corrected chi connectivity index (χ1v) is 7.20. The second-order valence-corrected chi connectivity index (χ2v) is 5.96. The lowest BCUT2D eigenvalue weighted by Gasteiger charge is -2.27. The van der Waals surface area contributed by atoms with Crippen molar-refractivity contribution < 1.29 is 4.52 Å². The molecule has 2 rings (SSSR count). The van der Waals surface area contributed by atoms with Gasteiger partial charge in [0.2, 0.25) is 5.89 Å². The van der Waals surface area contributed by atoms with Crippen molar-refractivity contribution >= 4 is 23.5 Å². The molecule has 0 amide bonds. The minimum absolute atomic E-state index is 0.328. The van der Waals surface area contributed by atoms with Crippen molar-refractivity contribution in [1.82, 2.24) is 10.1 Å². The second-order valence-electron chi connectivity index (χ2n) is 3.36. The second kappa shape index (κ2) is 5.23. The molecule has 0 spiro atoms. The van der Waals surface area contributed by atoms with Gasteiger partial charge in [0, 0.05) is 16.8 Å². The van der Waals surface area contributed by atoms with E-state index in [0.717, 1.165) is 12.2 Å². The molecule has 2 N–H and O–H groups in total. The summed E-state index contributed by atoms with van der Waals surface area (Å²) in [4.78, 5) is 4.31. The van der Waals surface area contributed by atoms with E-state index < -0.39 is 0 Å². The standard InChI is InChI=1S/C9H15N3OS2/c1-2-6-8(15-4-3-14-6)9-11-7(5-10)13-12-9/h6,8H,2-5,10H2,1H3.